The normalized spacial score (nSPS) is 11.7. The molecule has 0 spiro atoms. The van der Waals surface area contributed by atoms with Crippen molar-refractivity contribution < 1.29 is 0 Å². The Labute approximate surface area is 258 Å². The van der Waals surface area contributed by atoms with Crippen LogP contribution in [0.25, 0.3) is 72.5 Å². The van der Waals surface area contributed by atoms with Gasteiger partial charge in [0.2, 0.25) is 0 Å². The SMILES string of the molecule is Cn1c(-c2ccc3c4cc(-n5cccn5)ccc4n(-c4cccc(-c5ccc(-n6cccn6)cn5)c4)c3c2)nc2ccccc21. The maximum atomic E-state index is 5.00. The quantitative estimate of drug-likeness (QED) is 0.208. The van der Waals surface area contributed by atoms with E-state index in [2.05, 4.69) is 105 Å². The Balaban J connectivity index is 1.24. The van der Waals surface area contributed by atoms with E-state index in [-0.39, 0.29) is 0 Å². The van der Waals surface area contributed by atoms with Crippen molar-refractivity contribution in [2.75, 3.05) is 0 Å². The van der Waals surface area contributed by atoms with Crippen LogP contribution in [0.15, 0.2) is 140 Å². The lowest BCUT2D eigenvalue weighted by Gasteiger charge is -2.11. The second-order valence-corrected chi connectivity index (χ2v) is 11.1. The molecule has 4 aromatic carbocycles. The third kappa shape index (κ3) is 4.07. The van der Waals surface area contributed by atoms with Crippen LogP contribution < -0.4 is 0 Å². The molecule has 5 heterocycles. The fraction of sp³-hybridized carbons (Fsp3) is 0.0270. The van der Waals surface area contributed by atoms with Gasteiger partial charge in [-0.1, -0.05) is 36.4 Å². The number of imidazole rings is 1. The summed E-state index contributed by atoms with van der Waals surface area (Å²) >= 11 is 0. The molecule has 214 valence electrons. The molecule has 0 fully saturated rings. The van der Waals surface area contributed by atoms with Crippen LogP contribution in [0.2, 0.25) is 0 Å². The topological polar surface area (TPSA) is 71.3 Å². The first-order valence-electron chi connectivity index (χ1n) is 14.8. The molecule has 5 aromatic heterocycles. The Morgan fingerprint density at radius 2 is 1.38 bits per heavy atom. The van der Waals surface area contributed by atoms with E-state index in [0.29, 0.717) is 0 Å². The molecule has 0 saturated carbocycles. The number of nitrogens with zero attached hydrogens (tertiary/aromatic N) is 8. The van der Waals surface area contributed by atoms with Crippen LogP contribution in [0.1, 0.15) is 0 Å². The van der Waals surface area contributed by atoms with Crippen LogP contribution in [-0.2, 0) is 7.05 Å². The second-order valence-electron chi connectivity index (χ2n) is 11.1. The van der Waals surface area contributed by atoms with Gasteiger partial charge in [-0.15, -0.1) is 0 Å². The molecular formula is C37H26N8. The number of hydrogen-bond donors (Lipinski definition) is 0. The first kappa shape index (κ1) is 25.2. The van der Waals surface area contributed by atoms with Crippen LogP contribution >= 0.6 is 0 Å². The zero-order valence-electron chi connectivity index (χ0n) is 24.4. The van der Waals surface area contributed by atoms with E-state index in [0.717, 1.165) is 72.5 Å². The van der Waals surface area contributed by atoms with Gasteiger partial charge in [0.1, 0.15) is 5.82 Å². The van der Waals surface area contributed by atoms with Gasteiger partial charge in [0.25, 0.3) is 0 Å². The first-order valence-corrected chi connectivity index (χ1v) is 14.8. The molecule has 0 amide bonds. The van der Waals surface area contributed by atoms with Gasteiger partial charge in [0.05, 0.1) is 45.3 Å². The van der Waals surface area contributed by atoms with Crippen molar-refractivity contribution in [3.05, 3.63) is 140 Å². The van der Waals surface area contributed by atoms with Gasteiger partial charge in [-0.25, -0.2) is 14.3 Å². The summed E-state index contributed by atoms with van der Waals surface area (Å²) in [6.45, 7) is 0. The highest BCUT2D eigenvalue weighted by molar-refractivity contribution is 6.11. The largest absolute Gasteiger partial charge is 0.327 e. The zero-order chi connectivity index (χ0) is 29.9. The molecule has 0 saturated heterocycles. The summed E-state index contributed by atoms with van der Waals surface area (Å²) in [6, 6.07) is 37.9. The molecule has 0 aliphatic carbocycles. The highest BCUT2D eigenvalue weighted by Gasteiger charge is 2.17. The van der Waals surface area contributed by atoms with Crippen molar-refractivity contribution in [3.8, 4) is 39.7 Å². The summed E-state index contributed by atoms with van der Waals surface area (Å²) in [5, 5.41) is 11.1. The lowest BCUT2D eigenvalue weighted by Crippen LogP contribution is -1.98. The number of hydrogen-bond acceptors (Lipinski definition) is 4. The Kier molecular flexibility index (Phi) is 5.55. The van der Waals surface area contributed by atoms with Crippen molar-refractivity contribution in [1.82, 2.24) is 38.7 Å². The summed E-state index contributed by atoms with van der Waals surface area (Å²) < 4.78 is 8.21. The summed E-state index contributed by atoms with van der Waals surface area (Å²) in [7, 11) is 2.08. The van der Waals surface area contributed by atoms with Gasteiger partial charge < -0.3 is 9.13 Å². The van der Waals surface area contributed by atoms with E-state index >= 15 is 0 Å². The Morgan fingerprint density at radius 1 is 0.556 bits per heavy atom. The average Bonchev–Trinajstić information content (AvgIpc) is 3.91. The fourth-order valence-corrected chi connectivity index (χ4v) is 6.31. The Morgan fingerprint density at radius 3 is 2.16 bits per heavy atom. The van der Waals surface area contributed by atoms with Gasteiger partial charge in [-0.3, -0.25) is 4.98 Å². The monoisotopic (exact) mass is 582 g/mol. The minimum absolute atomic E-state index is 0.898. The predicted octanol–water partition coefficient (Wildman–Crippen LogP) is 7.77. The Hall–Kier alpha value is -6.28. The van der Waals surface area contributed by atoms with Crippen LogP contribution in [0.3, 0.4) is 0 Å². The third-order valence-corrected chi connectivity index (χ3v) is 8.48. The van der Waals surface area contributed by atoms with Gasteiger partial charge in [0.15, 0.2) is 0 Å². The van der Waals surface area contributed by atoms with Crippen molar-refractivity contribution in [3.63, 3.8) is 0 Å². The number of para-hydroxylation sites is 2. The van der Waals surface area contributed by atoms with Gasteiger partial charge in [0, 0.05) is 59.4 Å². The van der Waals surface area contributed by atoms with E-state index in [4.69, 9.17) is 9.97 Å². The van der Waals surface area contributed by atoms with E-state index in [1.54, 1.807) is 12.4 Å². The predicted molar refractivity (Wildman–Crippen MR) is 178 cm³/mol. The van der Waals surface area contributed by atoms with Gasteiger partial charge >= 0.3 is 0 Å². The van der Waals surface area contributed by atoms with Crippen LogP contribution in [-0.4, -0.2) is 38.7 Å². The molecule has 9 aromatic rings. The maximum absolute atomic E-state index is 5.00. The Bertz CT molecular complexity index is 2480. The highest BCUT2D eigenvalue weighted by Crippen LogP contribution is 2.37. The number of fused-ring (bicyclic) bond motifs is 4. The number of aromatic nitrogens is 8. The van der Waals surface area contributed by atoms with Crippen LogP contribution in [0, 0.1) is 0 Å². The van der Waals surface area contributed by atoms with Crippen LogP contribution in [0.4, 0.5) is 0 Å². The van der Waals surface area contributed by atoms with Crippen LogP contribution in [0.5, 0.6) is 0 Å². The molecule has 9 rings (SSSR count). The molecule has 0 atom stereocenters. The van der Waals surface area contributed by atoms with E-state index in [9.17, 15) is 0 Å². The summed E-state index contributed by atoms with van der Waals surface area (Å²) in [5.74, 6) is 0.933. The lowest BCUT2D eigenvalue weighted by molar-refractivity contribution is 0.874. The minimum atomic E-state index is 0.898. The second kappa shape index (κ2) is 9.89. The van der Waals surface area contributed by atoms with E-state index < -0.39 is 0 Å². The average molecular weight is 583 g/mol. The number of rotatable bonds is 5. The molecule has 0 bridgehead atoms. The molecule has 0 unspecified atom stereocenters. The molecule has 0 aliphatic heterocycles. The highest BCUT2D eigenvalue weighted by atomic mass is 15.3. The smallest absolute Gasteiger partial charge is 0.140 e. The van der Waals surface area contributed by atoms with Gasteiger partial charge in [-0.05, 0) is 72.8 Å². The standard InChI is InChI=1S/C37H26N8/c1-42-35-10-3-2-9-33(35)41-37(42)26-11-14-30-31-23-27(43-19-5-17-39-43)13-16-34(31)45(36(30)22-26)28-8-4-7-25(21-28)32-15-12-29(24-38-32)44-20-6-18-40-44/h2-24H,1H3. The van der Waals surface area contributed by atoms with E-state index in [1.807, 2.05) is 58.3 Å². The lowest BCUT2D eigenvalue weighted by atomic mass is 10.1. The van der Waals surface area contributed by atoms with E-state index in [1.165, 1.54) is 0 Å². The summed E-state index contributed by atoms with van der Waals surface area (Å²) in [5.41, 5.74) is 10.3. The molecule has 45 heavy (non-hydrogen) atoms. The summed E-state index contributed by atoms with van der Waals surface area (Å²) in [4.78, 5) is 9.79. The first-order chi connectivity index (χ1) is 22.2. The molecule has 0 aliphatic rings. The molecule has 8 heteroatoms. The number of pyridine rings is 1. The molecule has 0 N–H and O–H groups in total. The van der Waals surface area contributed by atoms with Crippen molar-refractivity contribution in [2.45, 2.75) is 0 Å². The summed E-state index contributed by atoms with van der Waals surface area (Å²) in [6.07, 6.45) is 9.31. The minimum Gasteiger partial charge on any atom is -0.327 e. The van der Waals surface area contributed by atoms with Gasteiger partial charge in [-0.2, -0.15) is 10.2 Å². The molecular weight excluding hydrogens is 556 g/mol. The van der Waals surface area contributed by atoms with Crippen molar-refractivity contribution in [2.24, 2.45) is 7.05 Å². The van der Waals surface area contributed by atoms with Crippen molar-refractivity contribution >= 4 is 32.8 Å². The molecule has 8 nitrogen and oxygen atoms in total. The zero-order valence-corrected chi connectivity index (χ0v) is 24.4. The van der Waals surface area contributed by atoms with Crippen molar-refractivity contribution in [1.29, 1.82) is 0 Å². The molecule has 0 radical (unpaired) electrons. The third-order valence-electron chi connectivity index (χ3n) is 8.48. The fourth-order valence-electron chi connectivity index (χ4n) is 6.31. The number of aryl methyl sites for hydroxylation is 1. The number of benzene rings is 4. The maximum Gasteiger partial charge on any atom is 0.140 e.